The van der Waals surface area contributed by atoms with E-state index in [1.807, 2.05) is 6.92 Å². The number of hydrogen-bond donors (Lipinski definition) is 2. The minimum atomic E-state index is -0.286. The number of nitrogens with zero attached hydrogens (tertiary/aromatic N) is 1. The van der Waals surface area contributed by atoms with Crippen molar-refractivity contribution in [3.05, 3.63) is 53.6 Å². The second-order valence-corrected chi connectivity index (χ2v) is 11.0. The molecule has 0 bridgehead atoms. The quantitative estimate of drug-likeness (QED) is 0.292. The molecular formula is C32H48N2O6. The van der Waals surface area contributed by atoms with Crippen molar-refractivity contribution in [3.63, 3.8) is 0 Å². The van der Waals surface area contributed by atoms with Gasteiger partial charge in [0, 0.05) is 58.9 Å². The highest BCUT2D eigenvalue weighted by atomic mass is 16.5. The lowest BCUT2D eigenvalue weighted by molar-refractivity contribution is 0.00134. The van der Waals surface area contributed by atoms with Crippen LogP contribution in [0.3, 0.4) is 0 Å². The number of piperidine rings is 1. The number of ether oxygens (including phenoxy) is 5. The van der Waals surface area contributed by atoms with Gasteiger partial charge in [0.1, 0.15) is 18.1 Å². The molecule has 4 atom stereocenters. The minimum absolute atomic E-state index is 0.0429. The fraction of sp³-hybridized carbons (Fsp3) is 0.625. The predicted octanol–water partition coefficient (Wildman–Crippen LogP) is 4.53. The molecule has 0 radical (unpaired) electrons. The molecule has 8 heteroatoms. The van der Waals surface area contributed by atoms with Crippen LogP contribution in [0.25, 0.3) is 0 Å². The van der Waals surface area contributed by atoms with Crippen molar-refractivity contribution in [2.45, 2.75) is 69.8 Å². The molecule has 2 aromatic rings. The largest absolute Gasteiger partial charge is 0.494 e. The third-order valence-corrected chi connectivity index (χ3v) is 7.82. The maximum Gasteiger partial charge on any atom is 0.142 e. The lowest BCUT2D eigenvalue weighted by Crippen LogP contribution is -2.47. The summed E-state index contributed by atoms with van der Waals surface area (Å²) in [6.07, 6.45) is 4.32. The van der Waals surface area contributed by atoms with Crippen LogP contribution in [0.15, 0.2) is 42.5 Å². The van der Waals surface area contributed by atoms with Crippen LogP contribution >= 0.6 is 0 Å². The smallest absolute Gasteiger partial charge is 0.142 e. The summed E-state index contributed by atoms with van der Waals surface area (Å²) >= 11 is 0. The molecule has 1 fully saturated rings. The molecule has 1 saturated heterocycles. The average molecular weight is 557 g/mol. The van der Waals surface area contributed by atoms with Crippen LogP contribution < -0.4 is 19.7 Å². The second kappa shape index (κ2) is 16.2. The molecule has 2 N–H and O–H groups in total. The van der Waals surface area contributed by atoms with Crippen molar-refractivity contribution >= 4 is 5.69 Å². The van der Waals surface area contributed by atoms with E-state index >= 15 is 0 Å². The van der Waals surface area contributed by atoms with Crippen molar-refractivity contribution in [1.29, 1.82) is 0 Å². The van der Waals surface area contributed by atoms with E-state index in [0.29, 0.717) is 32.5 Å². The number of nitrogens with one attached hydrogen (secondary N) is 1. The van der Waals surface area contributed by atoms with Crippen molar-refractivity contribution in [2.75, 3.05) is 65.2 Å². The Morgan fingerprint density at radius 1 is 1.05 bits per heavy atom. The summed E-state index contributed by atoms with van der Waals surface area (Å²) in [5.74, 6) is 2.08. The zero-order valence-corrected chi connectivity index (χ0v) is 24.5. The van der Waals surface area contributed by atoms with Crippen LogP contribution in [-0.2, 0) is 20.8 Å². The van der Waals surface area contributed by atoms with Gasteiger partial charge < -0.3 is 39.0 Å². The molecule has 8 nitrogen and oxygen atoms in total. The van der Waals surface area contributed by atoms with Gasteiger partial charge in [0.25, 0.3) is 0 Å². The van der Waals surface area contributed by atoms with Gasteiger partial charge in [0.2, 0.25) is 0 Å². The molecule has 0 saturated carbocycles. The highest BCUT2D eigenvalue weighted by Gasteiger charge is 2.32. The topological polar surface area (TPSA) is 81.7 Å². The van der Waals surface area contributed by atoms with E-state index in [-0.39, 0.29) is 18.1 Å². The average Bonchev–Trinajstić information content (AvgIpc) is 2.98. The number of rotatable bonds is 16. The van der Waals surface area contributed by atoms with E-state index in [1.165, 1.54) is 5.56 Å². The van der Waals surface area contributed by atoms with Crippen molar-refractivity contribution in [1.82, 2.24) is 5.32 Å². The fourth-order valence-electron chi connectivity index (χ4n) is 5.60. The molecular weight excluding hydrogens is 508 g/mol. The normalized spacial score (nSPS) is 21.5. The van der Waals surface area contributed by atoms with Gasteiger partial charge in [-0.15, -0.1) is 0 Å². The summed E-state index contributed by atoms with van der Waals surface area (Å²) in [5, 5.41) is 13.5. The summed E-state index contributed by atoms with van der Waals surface area (Å²) in [6, 6.07) is 15.2. The van der Waals surface area contributed by atoms with E-state index in [4.69, 9.17) is 23.7 Å². The van der Waals surface area contributed by atoms with Gasteiger partial charge in [0.05, 0.1) is 37.7 Å². The molecule has 222 valence electrons. The SMILES string of the molecule is COCCCOc1ccc([C@H]2C[C@H](CC[C@@H](C)O)NC[C@@H]2OCc2ccc3c(c2)N(CCCOC)CCO3)cc1. The highest BCUT2D eigenvalue weighted by Crippen LogP contribution is 2.35. The number of hydrogen-bond acceptors (Lipinski definition) is 8. The number of anilines is 1. The van der Waals surface area contributed by atoms with E-state index in [1.54, 1.807) is 14.2 Å². The zero-order valence-electron chi connectivity index (χ0n) is 24.5. The van der Waals surface area contributed by atoms with E-state index in [2.05, 4.69) is 52.7 Å². The van der Waals surface area contributed by atoms with Crippen LogP contribution in [0, 0.1) is 0 Å². The van der Waals surface area contributed by atoms with Gasteiger partial charge in [-0.1, -0.05) is 18.2 Å². The zero-order chi connectivity index (χ0) is 28.2. The van der Waals surface area contributed by atoms with E-state index in [9.17, 15) is 5.11 Å². The van der Waals surface area contributed by atoms with Gasteiger partial charge in [0.15, 0.2) is 0 Å². The molecule has 0 amide bonds. The first-order valence-electron chi connectivity index (χ1n) is 14.8. The van der Waals surface area contributed by atoms with Crippen LogP contribution in [0.1, 0.15) is 56.1 Å². The summed E-state index contributed by atoms with van der Waals surface area (Å²) in [6.45, 7) is 7.82. The Morgan fingerprint density at radius 3 is 2.62 bits per heavy atom. The van der Waals surface area contributed by atoms with Crippen LogP contribution in [0.4, 0.5) is 5.69 Å². The van der Waals surface area contributed by atoms with Gasteiger partial charge >= 0.3 is 0 Å². The molecule has 0 spiro atoms. The van der Waals surface area contributed by atoms with Crippen molar-refractivity contribution in [3.8, 4) is 11.5 Å². The third-order valence-electron chi connectivity index (χ3n) is 7.82. The molecule has 2 aromatic carbocycles. The van der Waals surface area contributed by atoms with Gasteiger partial charge in [-0.25, -0.2) is 0 Å². The number of aliphatic hydroxyl groups is 1. The predicted molar refractivity (Wildman–Crippen MR) is 158 cm³/mol. The Morgan fingerprint density at radius 2 is 1.85 bits per heavy atom. The summed E-state index contributed by atoms with van der Waals surface area (Å²) < 4.78 is 28.8. The Hall–Kier alpha value is -2.36. The number of methoxy groups -OCH3 is 2. The fourth-order valence-corrected chi connectivity index (χ4v) is 5.60. The molecule has 0 unspecified atom stereocenters. The Kier molecular flexibility index (Phi) is 12.4. The Balaban J connectivity index is 1.42. The van der Waals surface area contributed by atoms with E-state index < -0.39 is 0 Å². The molecule has 2 aliphatic heterocycles. The van der Waals surface area contributed by atoms with Crippen molar-refractivity contribution < 1.29 is 28.8 Å². The first-order valence-corrected chi connectivity index (χ1v) is 14.8. The van der Waals surface area contributed by atoms with Crippen LogP contribution in [-0.4, -0.2) is 83.6 Å². The Labute approximate surface area is 239 Å². The van der Waals surface area contributed by atoms with Crippen LogP contribution in [0.5, 0.6) is 11.5 Å². The second-order valence-electron chi connectivity index (χ2n) is 11.0. The minimum Gasteiger partial charge on any atom is -0.494 e. The third kappa shape index (κ3) is 9.08. The maximum absolute atomic E-state index is 9.83. The summed E-state index contributed by atoms with van der Waals surface area (Å²) in [5.41, 5.74) is 3.55. The summed E-state index contributed by atoms with van der Waals surface area (Å²) in [4.78, 5) is 2.39. The monoisotopic (exact) mass is 556 g/mol. The lowest BCUT2D eigenvalue weighted by Gasteiger charge is -2.38. The molecule has 2 aliphatic rings. The molecule has 40 heavy (non-hydrogen) atoms. The first-order chi connectivity index (χ1) is 19.6. The first kappa shape index (κ1) is 30.6. The standard InChI is InChI=1S/C32H48N2O6/c1-24(35)6-10-27-21-29(26-8-11-28(12-9-26)38-18-5-17-37-3)32(22-33-27)40-23-25-7-13-31-30(20-25)34(15-19-39-31)14-4-16-36-2/h7-9,11-13,20,24,27,29,32-33,35H,4-6,10,14-19,21-23H2,1-3H3/t24-,27+,29-,32+/m1/s1. The van der Waals surface area contributed by atoms with E-state index in [0.717, 1.165) is 81.1 Å². The van der Waals surface area contributed by atoms with Gasteiger partial charge in [-0.2, -0.15) is 0 Å². The van der Waals surface area contributed by atoms with Gasteiger partial charge in [-0.3, -0.25) is 0 Å². The van der Waals surface area contributed by atoms with Crippen LogP contribution in [0.2, 0.25) is 0 Å². The molecule has 2 heterocycles. The molecule has 0 aromatic heterocycles. The molecule has 0 aliphatic carbocycles. The number of benzene rings is 2. The summed E-state index contributed by atoms with van der Waals surface area (Å²) in [7, 11) is 3.46. The highest BCUT2D eigenvalue weighted by molar-refractivity contribution is 5.61. The van der Waals surface area contributed by atoms with Crippen molar-refractivity contribution in [2.24, 2.45) is 0 Å². The Bertz CT molecular complexity index is 1000. The maximum atomic E-state index is 9.83. The lowest BCUT2D eigenvalue weighted by atomic mass is 9.82. The van der Waals surface area contributed by atoms with Gasteiger partial charge in [-0.05, 0) is 68.0 Å². The number of aliphatic hydroxyl groups excluding tert-OH is 1. The molecule has 4 rings (SSSR count). The number of fused-ring (bicyclic) bond motifs is 1.